The summed E-state index contributed by atoms with van der Waals surface area (Å²) in [5.74, 6) is 13.6. The molecule has 0 saturated heterocycles. The average molecular weight is 897 g/mol. The molecule has 1 fully saturated rings. The summed E-state index contributed by atoms with van der Waals surface area (Å²) in [7, 11) is -10.5. The summed E-state index contributed by atoms with van der Waals surface area (Å²) in [4.78, 5) is 51.4. The number of terminal acetylenes is 1. The van der Waals surface area contributed by atoms with Crippen molar-refractivity contribution in [3.63, 3.8) is 0 Å². The molecule has 4 unspecified atom stereocenters. The van der Waals surface area contributed by atoms with Gasteiger partial charge in [0.2, 0.25) is 5.12 Å². The van der Waals surface area contributed by atoms with Gasteiger partial charge in [-0.2, -0.15) is 0 Å². The van der Waals surface area contributed by atoms with Gasteiger partial charge in [-0.1, -0.05) is 90.9 Å². The van der Waals surface area contributed by atoms with E-state index in [1.165, 1.54) is 51.4 Å². The van der Waals surface area contributed by atoms with Gasteiger partial charge in [0.15, 0.2) is 0 Å². The normalized spacial score (nSPS) is 21.5. The highest BCUT2D eigenvalue weighted by molar-refractivity contribution is 8.17. The molecule has 0 bridgehead atoms. The van der Waals surface area contributed by atoms with E-state index in [-0.39, 0.29) is 21.5 Å². The van der Waals surface area contributed by atoms with Crippen molar-refractivity contribution in [2.24, 2.45) is 0 Å². The van der Waals surface area contributed by atoms with Gasteiger partial charge in [0.1, 0.15) is 49.5 Å². The van der Waals surface area contributed by atoms with Crippen LogP contribution in [-0.2, 0) is 41.8 Å². The second-order valence-electron chi connectivity index (χ2n) is 13.1. The number of phosphoric acid groups is 2. The lowest BCUT2D eigenvalue weighted by molar-refractivity contribution is -0.216. The molecule has 20 heteroatoms. The number of esters is 1. The Morgan fingerprint density at radius 3 is 1.72 bits per heavy atom. The first-order chi connectivity index (χ1) is 27.5. The first kappa shape index (κ1) is 55.7. The molecule has 8 N–H and O–H groups in total. The van der Waals surface area contributed by atoms with Gasteiger partial charge >= 0.3 is 21.6 Å². The molecule has 344 valence electrons. The molecule has 17 nitrogen and oxygen atoms in total. The number of rotatable bonds is 27. The standard InChI is InChI=1S/C26H52O16P2.C12H8OS.7H2/c1-2-3-4-5-6-7-8-9-10-11-12-13-14-15-20(28)40-19(16-38-18-27)17-39-44(36,37)42-26-23(31)21(29)22(30)25(24(26)32)41-43(33,34)35;1-3-5-6-7-8-9-11-14-12(13)10-4-2;;;;;;;/h19,21-27,29-32H,2-18H2,1H3,(H,36,37)(H2,33,34,35);1H,4,10H2,2H3;7*1H/t19-,21?,22-,23+,24?,25-,26?;;;;;;;;/m1......../s1. The summed E-state index contributed by atoms with van der Waals surface area (Å²) >= 11 is 0.974. The summed E-state index contributed by atoms with van der Waals surface area (Å²) in [6.07, 6.45) is 6.50. The smallest absolute Gasteiger partial charge is 0.457 e. The van der Waals surface area contributed by atoms with Crippen molar-refractivity contribution in [3.05, 3.63) is 0 Å². The van der Waals surface area contributed by atoms with Gasteiger partial charge in [-0.05, 0) is 53.6 Å². The van der Waals surface area contributed by atoms with E-state index in [1.807, 2.05) is 6.92 Å². The van der Waals surface area contributed by atoms with Crippen LogP contribution >= 0.6 is 27.4 Å². The largest absolute Gasteiger partial charge is 0.472 e. The summed E-state index contributed by atoms with van der Waals surface area (Å²) < 4.78 is 47.5. The highest BCUT2D eigenvalue weighted by atomic mass is 32.2. The number of ether oxygens (including phenoxy) is 2. The van der Waals surface area contributed by atoms with Crippen LogP contribution in [0.15, 0.2) is 0 Å². The lowest BCUT2D eigenvalue weighted by Gasteiger charge is -2.43. The minimum absolute atomic E-state index is 0. The number of unbranched alkanes of at least 4 members (excludes halogenated alkanes) is 12. The molecule has 0 aromatic carbocycles. The van der Waals surface area contributed by atoms with E-state index in [4.69, 9.17) is 39.8 Å². The zero-order valence-electron chi connectivity index (χ0n) is 33.1. The van der Waals surface area contributed by atoms with E-state index in [2.05, 4.69) is 52.2 Å². The van der Waals surface area contributed by atoms with Gasteiger partial charge in [-0.15, -0.1) is 6.42 Å². The first-order valence-corrected chi connectivity index (χ1v) is 23.0. The second-order valence-corrected chi connectivity index (χ2v) is 16.5. The van der Waals surface area contributed by atoms with Crippen LogP contribution in [-0.4, -0.2) is 114 Å². The van der Waals surface area contributed by atoms with E-state index in [9.17, 15) is 44.0 Å². The monoisotopic (exact) mass is 896 g/mol. The Morgan fingerprint density at radius 1 is 0.690 bits per heavy atom. The summed E-state index contributed by atoms with van der Waals surface area (Å²) in [6, 6.07) is 0. The van der Waals surface area contributed by atoms with Gasteiger partial charge in [-0.25, -0.2) is 9.13 Å². The SMILES string of the molecule is C#CC#CC#CC#CSC(=O)CCC.CCCCCCCCCCCCCCCC(=O)O[C@H](COCO)COP(=O)(O)OC1C(O)[C@H](OP(=O)(O)O)[C@H](O)C(O)[C@@H]1O.[HH].[HH].[HH].[HH].[HH].[HH].[HH]. The molecule has 0 aromatic rings. The predicted octanol–water partition coefficient (Wildman–Crippen LogP) is 5.15. The van der Waals surface area contributed by atoms with Crippen molar-refractivity contribution in [3.8, 4) is 47.2 Å². The maximum atomic E-state index is 12.5. The number of hydrogen-bond acceptors (Lipinski definition) is 15. The summed E-state index contributed by atoms with van der Waals surface area (Å²) in [6.45, 7) is 2.20. The Kier molecular flexibility index (Phi) is 32.1. The van der Waals surface area contributed by atoms with Crippen LogP contribution in [0.1, 0.15) is 127 Å². The highest BCUT2D eigenvalue weighted by Crippen LogP contribution is 2.49. The Hall–Kier alpha value is -2.29. The molecule has 1 aliphatic carbocycles. The molecule has 0 spiro atoms. The third-order valence-corrected chi connectivity index (χ3v) is 10.3. The van der Waals surface area contributed by atoms with Crippen molar-refractivity contribution < 1.29 is 92.0 Å². The molecular weight excluding hydrogens is 822 g/mol. The molecule has 0 aromatic heterocycles. The van der Waals surface area contributed by atoms with Crippen LogP contribution in [0.25, 0.3) is 0 Å². The molecule has 0 heterocycles. The molecule has 1 saturated carbocycles. The van der Waals surface area contributed by atoms with Crippen LogP contribution in [0, 0.1) is 47.2 Å². The molecule has 8 atom stereocenters. The lowest BCUT2D eigenvalue weighted by atomic mass is 9.85. The zero-order chi connectivity index (χ0) is 43.8. The number of carbonyl (C=O) groups is 2. The van der Waals surface area contributed by atoms with Crippen LogP contribution < -0.4 is 0 Å². The molecule has 0 aliphatic heterocycles. The number of carbonyl (C=O) groups excluding carboxylic acids is 2. The molecular formula is C38H74O17P2S. The van der Waals surface area contributed by atoms with Gasteiger partial charge in [0.05, 0.1) is 13.2 Å². The fourth-order valence-corrected chi connectivity index (χ4v) is 7.34. The third kappa shape index (κ3) is 28.2. The number of aliphatic hydroxyl groups is 5. The predicted molar refractivity (Wildman–Crippen MR) is 229 cm³/mol. The second kappa shape index (κ2) is 33.4. The molecule has 58 heavy (non-hydrogen) atoms. The van der Waals surface area contributed by atoms with Gasteiger partial charge in [0, 0.05) is 34.6 Å². The van der Waals surface area contributed by atoms with Crippen molar-refractivity contribution in [2.75, 3.05) is 20.0 Å². The third-order valence-electron chi connectivity index (χ3n) is 8.15. The molecule has 0 radical (unpaired) electrons. The topological polar surface area (TPSA) is 276 Å². The van der Waals surface area contributed by atoms with Crippen LogP contribution in [0.2, 0.25) is 0 Å². The molecule has 1 rings (SSSR count). The number of aliphatic hydroxyl groups excluding tert-OH is 5. The van der Waals surface area contributed by atoms with Crippen LogP contribution in [0.5, 0.6) is 0 Å². The Labute approximate surface area is 356 Å². The van der Waals surface area contributed by atoms with E-state index < -0.39 is 84.3 Å². The minimum atomic E-state index is -5.32. The Morgan fingerprint density at radius 2 is 1.21 bits per heavy atom. The maximum Gasteiger partial charge on any atom is 0.472 e. The highest BCUT2D eigenvalue weighted by Gasteiger charge is 2.54. The van der Waals surface area contributed by atoms with E-state index in [0.29, 0.717) is 12.8 Å². The maximum absolute atomic E-state index is 12.5. The van der Waals surface area contributed by atoms with Crippen LogP contribution in [0.3, 0.4) is 0 Å². The average Bonchev–Trinajstić information content (AvgIpc) is 3.17. The quantitative estimate of drug-likeness (QED) is 0.0174. The fraction of sp³-hybridized carbons (Fsp3) is 0.737. The van der Waals surface area contributed by atoms with Crippen molar-refractivity contribution >= 4 is 38.5 Å². The van der Waals surface area contributed by atoms with Gasteiger partial charge in [-0.3, -0.25) is 23.2 Å². The van der Waals surface area contributed by atoms with Crippen LogP contribution in [0.4, 0.5) is 0 Å². The molecule has 0 amide bonds. The first-order valence-electron chi connectivity index (χ1n) is 19.2. The van der Waals surface area contributed by atoms with Gasteiger partial charge in [0.25, 0.3) is 0 Å². The Bertz CT molecular complexity index is 1530. The van der Waals surface area contributed by atoms with E-state index >= 15 is 0 Å². The van der Waals surface area contributed by atoms with Crippen molar-refractivity contribution in [1.82, 2.24) is 0 Å². The van der Waals surface area contributed by atoms with Crippen molar-refractivity contribution in [1.29, 1.82) is 0 Å². The van der Waals surface area contributed by atoms with E-state index in [0.717, 1.165) is 43.9 Å². The zero-order valence-corrected chi connectivity index (χ0v) is 35.7. The minimum Gasteiger partial charge on any atom is -0.457 e. The van der Waals surface area contributed by atoms with Crippen molar-refractivity contribution in [2.45, 2.75) is 159 Å². The molecule has 1 aliphatic rings. The number of phosphoric ester groups is 2. The van der Waals surface area contributed by atoms with Gasteiger partial charge < -0.3 is 49.7 Å². The Balaban J connectivity index is -0.000000223. The number of hydrogen-bond donors (Lipinski definition) is 8. The summed E-state index contributed by atoms with van der Waals surface area (Å²) in [5, 5.41) is 51.9. The van der Waals surface area contributed by atoms with E-state index in [1.54, 1.807) is 0 Å². The lowest BCUT2D eigenvalue weighted by Crippen LogP contribution is -2.64. The fourth-order valence-electron chi connectivity index (χ4n) is 5.28. The summed E-state index contributed by atoms with van der Waals surface area (Å²) in [5.41, 5.74) is 0. The number of thioether (sulfide) groups is 1.